The lowest BCUT2D eigenvalue weighted by Gasteiger charge is -2.11. The van der Waals surface area contributed by atoms with Gasteiger partial charge in [-0.25, -0.2) is 8.42 Å². The van der Waals surface area contributed by atoms with E-state index >= 15 is 0 Å². The number of sulfone groups is 1. The highest BCUT2D eigenvalue weighted by Gasteiger charge is 2.18. The van der Waals surface area contributed by atoms with Crippen LogP contribution in [0.25, 0.3) is 0 Å². The number of aromatic hydroxyl groups is 1. The number of rotatable bonds is 6. The molecule has 1 aliphatic rings. The van der Waals surface area contributed by atoms with Gasteiger partial charge in [0.15, 0.2) is 9.84 Å². The number of phenolic OH excluding ortho intramolecular Hbond substituents is 1. The SMILES string of the molecule is CCS(=O)(=O)c1ccc(O)c(NC(=O)CCC2CCCC2)c1. The van der Waals surface area contributed by atoms with E-state index in [2.05, 4.69) is 5.32 Å². The van der Waals surface area contributed by atoms with E-state index in [-0.39, 0.29) is 28.0 Å². The lowest BCUT2D eigenvalue weighted by Crippen LogP contribution is -2.13. The van der Waals surface area contributed by atoms with Crippen LogP contribution < -0.4 is 5.32 Å². The third-order valence-electron chi connectivity index (χ3n) is 4.24. The highest BCUT2D eigenvalue weighted by molar-refractivity contribution is 7.91. The van der Waals surface area contributed by atoms with Gasteiger partial charge in [-0.05, 0) is 30.5 Å². The molecular weight excluding hydrogens is 302 g/mol. The second kappa shape index (κ2) is 7.13. The molecule has 0 radical (unpaired) electrons. The molecule has 0 unspecified atom stereocenters. The smallest absolute Gasteiger partial charge is 0.224 e. The summed E-state index contributed by atoms with van der Waals surface area (Å²) in [5, 5.41) is 12.4. The lowest BCUT2D eigenvalue weighted by molar-refractivity contribution is -0.116. The molecule has 1 aromatic rings. The summed E-state index contributed by atoms with van der Waals surface area (Å²) in [6, 6.07) is 3.97. The van der Waals surface area contributed by atoms with Crippen molar-refractivity contribution in [1.29, 1.82) is 0 Å². The first-order valence-electron chi connectivity index (χ1n) is 7.78. The van der Waals surface area contributed by atoms with Crippen molar-refractivity contribution in [2.24, 2.45) is 5.92 Å². The highest BCUT2D eigenvalue weighted by atomic mass is 32.2. The van der Waals surface area contributed by atoms with E-state index in [9.17, 15) is 18.3 Å². The Morgan fingerprint density at radius 1 is 1.32 bits per heavy atom. The summed E-state index contributed by atoms with van der Waals surface area (Å²) in [6.07, 6.45) is 6.09. The highest BCUT2D eigenvalue weighted by Crippen LogP contribution is 2.30. The summed E-state index contributed by atoms with van der Waals surface area (Å²) in [4.78, 5) is 12.1. The number of hydrogen-bond donors (Lipinski definition) is 2. The van der Waals surface area contributed by atoms with Crippen molar-refractivity contribution in [2.75, 3.05) is 11.1 Å². The molecule has 0 saturated heterocycles. The number of carbonyl (C=O) groups is 1. The van der Waals surface area contributed by atoms with Crippen LogP contribution in [0.15, 0.2) is 23.1 Å². The minimum atomic E-state index is -3.36. The Balaban J connectivity index is 2.01. The molecule has 1 aliphatic carbocycles. The van der Waals surface area contributed by atoms with E-state index < -0.39 is 9.84 Å². The minimum Gasteiger partial charge on any atom is -0.506 e. The Labute approximate surface area is 131 Å². The molecule has 0 aliphatic heterocycles. The first-order valence-corrected chi connectivity index (χ1v) is 9.43. The van der Waals surface area contributed by atoms with Crippen molar-refractivity contribution in [3.8, 4) is 5.75 Å². The average molecular weight is 325 g/mol. The van der Waals surface area contributed by atoms with E-state index in [1.807, 2.05) is 0 Å². The van der Waals surface area contributed by atoms with Gasteiger partial charge in [0.2, 0.25) is 5.91 Å². The molecule has 6 heteroatoms. The molecule has 2 N–H and O–H groups in total. The predicted molar refractivity (Wildman–Crippen MR) is 85.7 cm³/mol. The number of amides is 1. The molecule has 22 heavy (non-hydrogen) atoms. The van der Waals surface area contributed by atoms with Crippen molar-refractivity contribution in [1.82, 2.24) is 0 Å². The summed E-state index contributed by atoms with van der Waals surface area (Å²) >= 11 is 0. The maximum atomic E-state index is 12.0. The number of carbonyl (C=O) groups excluding carboxylic acids is 1. The van der Waals surface area contributed by atoms with Crippen LogP contribution in [0.1, 0.15) is 45.4 Å². The third-order valence-corrected chi connectivity index (χ3v) is 5.97. The van der Waals surface area contributed by atoms with Gasteiger partial charge in [-0.2, -0.15) is 0 Å². The zero-order valence-corrected chi connectivity index (χ0v) is 13.7. The quantitative estimate of drug-likeness (QED) is 0.787. The average Bonchev–Trinajstić information content (AvgIpc) is 3.00. The van der Waals surface area contributed by atoms with E-state index in [1.165, 1.54) is 43.9 Å². The Morgan fingerprint density at radius 2 is 2.00 bits per heavy atom. The first-order chi connectivity index (χ1) is 10.4. The molecule has 0 spiro atoms. The standard InChI is InChI=1S/C16H23NO4S/c1-2-22(20,21)13-8-9-15(18)14(11-13)17-16(19)10-7-12-5-3-4-6-12/h8-9,11-12,18H,2-7,10H2,1H3,(H,17,19). The summed E-state index contributed by atoms with van der Waals surface area (Å²) < 4.78 is 23.7. The van der Waals surface area contributed by atoms with Crippen molar-refractivity contribution in [3.63, 3.8) is 0 Å². The second-order valence-corrected chi connectivity index (χ2v) is 8.10. The van der Waals surface area contributed by atoms with Crippen molar-refractivity contribution >= 4 is 21.4 Å². The van der Waals surface area contributed by atoms with E-state index in [1.54, 1.807) is 6.92 Å². The van der Waals surface area contributed by atoms with Gasteiger partial charge in [0.1, 0.15) is 5.75 Å². The van der Waals surface area contributed by atoms with Crippen molar-refractivity contribution < 1.29 is 18.3 Å². The maximum Gasteiger partial charge on any atom is 0.224 e. The van der Waals surface area contributed by atoms with Crippen LogP contribution >= 0.6 is 0 Å². The summed E-state index contributed by atoms with van der Waals surface area (Å²) in [6.45, 7) is 1.56. The lowest BCUT2D eigenvalue weighted by atomic mass is 10.0. The van der Waals surface area contributed by atoms with Crippen LogP contribution in [-0.2, 0) is 14.6 Å². The van der Waals surface area contributed by atoms with Gasteiger partial charge in [-0.15, -0.1) is 0 Å². The second-order valence-electron chi connectivity index (χ2n) is 5.82. The molecule has 5 nitrogen and oxygen atoms in total. The van der Waals surface area contributed by atoms with E-state index in [0.717, 1.165) is 6.42 Å². The zero-order valence-electron chi connectivity index (χ0n) is 12.8. The minimum absolute atomic E-state index is 0.0210. The molecule has 0 heterocycles. The zero-order chi connectivity index (χ0) is 16.2. The molecule has 0 bridgehead atoms. The Bertz CT molecular complexity index is 634. The predicted octanol–water partition coefficient (Wildman–Crippen LogP) is 3.09. The van der Waals surface area contributed by atoms with Crippen molar-refractivity contribution in [2.45, 2.75) is 50.3 Å². The van der Waals surface area contributed by atoms with Gasteiger partial charge in [0, 0.05) is 6.42 Å². The molecule has 1 saturated carbocycles. The van der Waals surface area contributed by atoms with Gasteiger partial charge >= 0.3 is 0 Å². The van der Waals surface area contributed by atoms with Crippen LogP contribution in [0, 0.1) is 5.92 Å². The Morgan fingerprint density at radius 3 is 2.64 bits per heavy atom. The largest absolute Gasteiger partial charge is 0.506 e. The fraction of sp³-hybridized carbons (Fsp3) is 0.562. The maximum absolute atomic E-state index is 12.0. The van der Waals surface area contributed by atoms with E-state index in [4.69, 9.17) is 0 Å². The number of benzene rings is 1. The van der Waals surface area contributed by atoms with Crippen molar-refractivity contribution in [3.05, 3.63) is 18.2 Å². The van der Waals surface area contributed by atoms with Gasteiger partial charge < -0.3 is 10.4 Å². The number of nitrogens with one attached hydrogen (secondary N) is 1. The number of phenols is 1. The van der Waals surface area contributed by atoms with Gasteiger partial charge in [-0.1, -0.05) is 32.6 Å². The summed E-state index contributed by atoms with van der Waals surface area (Å²) in [5.74, 6) is 0.288. The van der Waals surface area contributed by atoms with Crippen LogP contribution in [0.4, 0.5) is 5.69 Å². The Hall–Kier alpha value is -1.56. The van der Waals surface area contributed by atoms with E-state index in [0.29, 0.717) is 12.3 Å². The third kappa shape index (κ3) is 4.22. The molecule has 1 amide bonds. The monoisotopic (exact) mass is 325 g/mol. The Kier molecular flexibility index (Phi) is 5.45. The number of anilines is 1. The molecule has 1 fully saturated rings. The van der Waals surface area contributed by atoms with Gasteiger partial charge in [0.25, 0.3) is 0 Å². The van der Waals surface area contributed by atoms with Gasteiger partial charge in [-0.3, -0.25) is 4.79 Å². The molecule has 0 aromatic heterocycles. The first kappa shape index (κ1) is 16.8. The number of hydrogen-bond acceptors (Lipinski definition) is 4. The van der Waals surface area contributed by atoms with Crippen LogP contribution in [0.2, 0.25) is 0 Å². The molecule has 2 rings (SSSR count). The van der Waals surface area contributed by atoms with Crippen LogP contribution in [0.5, 0.6) is 5.75 Å². The van der Waals surface area contributed by atoms with Gasteiger partial charge in [0.05, 0.1) is 16.3 Å². The molecule has 1 aromatic carbocycles. The summed E-state index contributed by atoms with van der Waals surface area (Å²) in [7, 11) is -3.36. The molecular formula is C16H23NO4S. The fourth-order valence-electron chi connectivity index (χ4n) is 2.82. The van der Waals surface area contributed by atoms with Crippen LogP contribution in [-0.4, -0.2) is 25.2 Å². The molecule has 0 atom stereocenters. The van der Waals surface area contributed by atoms with Crippen LogP contribution in [0.3, 0.4) is 0 Å². The normalized spacial score (nSPS) is 15.9. The summed E-state index contributed by atoms with van der Waals surface area (Å²) in [5.41, 5.74) is 0.158. The fourth-order valence-corrected chi connectivity index (χ4v) is 3.73. The molecule has 122 valence electrons. The topological polar surface area (TPSA) is 83.5 Å².